The van der Waals surface area contributed by atoms with Crippen LogP contribution in [-0.4, -0.2) is 49.8 Å². The predicted octanol–water partition coefficient (Wildman–Crippen LogP) is 1.14. The van der Waals surface area contributed by atoms with E-state index in [0.29, 0.717) is 6.54 Å². The van der Waals surface area contributed by atoms with Crippen LogP contribution in [0.3, 0.4) is 0 Å². The minimum absolute atomic E-state index is 0.258. The summed E-state index contributed by atoms with van der Waals surface area (Å²) in [4.78, 5) is 2.01. The Bertz CT molecular complexity index is 226. The molecule has 0 N–H and O–H groups in total. The van der Waals surface area contributed by atoms with Crippen molar-refractivity contribution in [1.82, 2.24) is 4.90 Å². The van der Waals surface area contributed by atoms with Crippen molar-refractivity contribution in [2.75, 3.05) is 31.2 Å². The van der Waals surface area contributed by atoms with Crippen LogP contribution in [0.25, 0.3) is 0 Å². The summed E-state index contributed by atoms with van der Waals surface area (Å²) < 4.78 is 22.8. The third-order valence-corrected chi connectivity index (χ3v) is 4.48. The Kier molecular flexibility index (Phi) is 6.16. The molecule has 0 saturated heterocycles. The Labute approximate surface area is 89.5 Å². The molecule has 0 bridgehead atoms. The molecule has 0 spiro atoms. The first kappa shape index (κ1) is 13.4. The molecule has 13 heavy (non-hydrogen) atoms. The minimum Gasteiger partial charge on any atom is -0.305 e. The Morgan fingerprint density at radius 3 is 2.23 bits per heavy atom. The predicted molar refractivity (Wildman–Crippen MR) is 60.2 cm³/mol. The molecular formula is C8H18BrNO2S. The van der Waals surface area contributed by atoms with E-state index in [1.54, 1.807) is 13.8 Å². The summed E-state index contributed by atoms with van der Waals surface area (Å²) in [5, 5.41) is 0.621. The van der Waals surface area contributed by atoms with Gasteiger partial charge in [0.15, 0.2) is 9.84 Å². The van der Waals surface area contributed by atoms with E-state index in [2.05, 4.69) is 15.9 Å². The van der Waals surface area contributed by atoms with Gasteiger partial charge in [-0.2, -0.15) is 0 Å². The van der Waals surface area contributed by atoms with E-state index < -0.39 is 9.84 Å². The number of hydrogen-bond acceptors (Lipinski definition) is 3. The van der Waals surface area contributed by atoms with Gasteiger partial charge in [0.05, 0.1) is 11.0 Å². The smallest absolute Gasteiger partial charge is 0.153 e. The fourth-order valence-corrected chi connectivity index (χ4v) is 2.42. The lowest BCUT2D eigenvalue weighted by molar-refractivity contribution is 0.377. The molecule has 0 radical (unpaired) electrons. The van der Waals surface area contributed by atoms with Gasteiger partial charge >= 0.3 is 0 Å². The van der Waals surface area contributed by atoms with Crippen LogP contribution in [0.5, 0.6) is 0 Å². The Hall–Kier alpha value is 0.390. The molecule has 0 saturated carbocycles. The summed E-state index contributed by atoms with van der Waals surface area (Å²) in [7, 11) is -0.941. The number of halogens is 1. The maximum absolute atomic E-state index is 11.4. The molecule has 5 heteroatoms. The largest absolute Gasteiger partial charge is 0.305 e. The highest BCUT2D eigenvalue weighted by molar-refractivity contribution is 9.09. The fourth-order valence-electron chi connectivity index (χ4n) is 0.775. The molecule has 0 aromatic rings. The summed E-state index contributed by atoms with van der Waals surface area (Å²) in [6.07, 6.45) is 0. The highest BCUT2D eigenvalue weighted by atomic mass is 79.9. The molecule has 0 aliphatic heterocycles. The van der Waals surface area contributed by atoms with Gasteiger partial charge in [-0.15, -0.1) is 0 Å². The number of rotatable bonds is 6. The van der Waals surface area contributed by atoms with E-state index in [1.165, 1.54) is 0 Å². The van der Waals surface area contributed by atoms with Crippen LogP contribution in [0.2, 0.25) is 0 Å². The second kappa shape index (κ2) is 5.98. The van der Waals surface area contributed by atoms with Crippen LogP contribution >= 0.6 is 15.9 Å². The molecule has 0 amide bonds. The third-order valence-electron chi connectivity index (χ3n) is 1.94. The SMILES string of the molecule is CC(C)S(=O)(=O)CCN(C)CCBr. The second-order valence-corrected chi connectivity index (χ2v) is 6.88. The maximum atomic E-state index is 11.4. The first-order chi connectivity index (χ1) is 5.90. The molecule has 0 aliphatic carbocycles. The molecule has 0 fully saturated rings. The first-order valence-electron chi connectivity index (χ1n) is 4.36. The molecule has 0 rings (SSSR count). The van der Waals surface area contributed by atoms with Crippen molar-refractivity contribution in [3.8, 4) is 0 Å². The van der Waals surface area contributed by atoms with E-state index in [0.717, 1.165) is 11.9 Å². The van der Waals surface area contributed by atoms with Crippen LogP contribution in [-0.2, 0) is 9.84 Å². The number of sulfone groups is 1. The van der Waals surface area contributed by atoms with E-state index in [1.807, 2.05) is 11.9 Å². The summed E-state index contributed by atoms with van der Waals surface area (Å²) in [6.45, 7) is 4.94. The van der Waals surface area contributed by atoms with Crippen molar-refractivity contribution in [1.29, 1.82) is 0 Å². The molecule has 0 unspecified atom stereocenters. The number of nitrogens with zero attached hydrogens (tertiary/aromatic N) is 1. The lowest BCUT2D eigenvalue weighted by Gasteiger charge is -2.15. The monoisotopic (exact) mass is 271 g/mol. The Balaban J connectivity index is 3.89. The van der Waals surface area contributed by atoms with Crippen molar-refractivity contribution in [3.63, 3.8) is 0 Å². The summed E-state index contributed by atoms with van der Waals surface area (Å²) in [6, 6.07) is 0. The molecule has 0 aromatic carbocycles. The second-order valence-electron chi connectivity index (χ2n) is 3.41. The molecule has 3 nitrogen and oxygen atoms in total. The first-order valence-corrected chi connectivity index (χ1v) is 7.20. The summed E-state index contributed by atoms with van der Waals surface area (Å²) >= 11 is 3.31. The van der Waals surface area contributed by atoms with Gasteiger partial charge in [-0.05, 0) is 20.9 Å². The average molecular weight is 272 g/mol. The molecular weight excluding hydrogens is 254 g/mol. The fraction of sp³-hybridized carbons (Fsp3) is 1.00. The topological polar surface area (TPSA) is 37.4 Å². The highest BCUT2D eigenvalue weighted by Gasteiger charge is 2.16. The van der Waals surface area contributed by atoms with Crippen molar-refractivity contribution < 1.29 is 8.42 Å². The minimum atomic E-state index is -2.87. The Morgan fingerprint density at radius 2 is 1.85 bits per heavy atom. The lowest BCUT2D eigenvalue weighted by atomic mass is 10.6. The average Bonchev–Trinajstić information content (AvgIpc) is 2.01. The van der Waals surface area contributed by atoms with Gasteiger partial charge in [0.2, 0.25) is 0 Å². The summed E-state index contributed by atoms with van der Waals surface area (Å²) in [5.41, 5.74) is 0. The van der Waals surface area contributed by atoms with Gasteiger partial charge in [-0.3, -0.25) is 0 Å². The van der Waals surface area contributed by atoms with Gasteiger partial charge in [-0.25, -0.2) is 8.42 Å². The normalized spacial score (nSPS) is 12.8. The summed E-state index contributed by atoms with van der Waals surface area (Å²) in [5.74, 6) is 0.258. The van der Waals surface area contributed by atoms with Gasteiger partial charge in [0, 0.05) is 18.4 Å². The van der Waals surface area contributed by atoms with E-state index >= 15 is 0 Å². The van der Waals surface area contributed by atoms with E-state index in [4.69, 9.17) is 0 Å². The van der Waals surface area contributed by atoms with Crippen molar-refractivity contribution in [2.24, 2.45) is 0 Å². The van der Waals surface area contributed by atoms with Crippen LogP contribution in [0.4, 0.5) is 0 Å². The van der Waals surface area contributed by atoms with E-state index in [9.17, 15) is 8.42 Å². The zero-order valence-electron chi connectivity index (χ0n) is 8.46. The van der Waals surface area contributed by atoms with Gasteiger partial charge in [-0.1, -0.05) is 15.9 Å². The van der Waals surface area contributed by atoms with Crippen LogP contribution < -0.4 is 0 Å². The Morgan fingerprint density at radius 1 is 1.31 bits per heavy atom. The quantitative estimate of drug-likeness (QED) is 0.680. The molecule has 0 atom stereocenters. The van der Waals surface area contributed by atoms with Gasteiger partial charge in [0.25, 0.3) is 0 Å². The third kappa shape index (κ3) is 5.65. The van der Waals surface area contributed by atoms with Crippen LogP contribution in [0.15, 0.2) is 0 Å². The molecule has 80 valence electrons. The van der Waals surface area contributed by atoms with Crippen LogP contribution in [0, 0.1) is 0 Å². The lowest BCUT2D eigenvalue weighted by Crippen LogP contribution is -2.30. The van der Waals surface area contributed by atoms with Crippen molar-refractivity contribution in [2.45, 2.75) is 19.1 Å². The number of alkyl halides is 1. The molecule has 0 aromatic heterocycles. The van der Waals surface area contributed by atoms with Crippen molar-refractivity contribution >= 4 is 25.8 Å². The molecule has 0 heterocycles. The van der Waals surface area contributed by atoms with Crippen LogP contribution in [0.1, 0.15) is 13.8 Å². The number of hydrogen-bond donors (Lipinski definition) is 0. The standard InChI is InChI=1S/C8H18BrNO2S/c1-8(2)13(11,12)7-6-10(3)5-4-9/h8H,4-7H2,1-3H3. The highest BCUT2D eigenvalue weighted by Crippen LogP contribution is 2.01. The van der Waals surface area contributed by atoms with E-state index in [-0.39, 0.29) is 11.0 Å². The van der Waals surface area contributed by atoms with Gasteiger partial charge < -0.3 is 4.90 Å². The maximum Gasteiger partial charge on any atom is 0.153 e. The zero-order chi connectivity index (χ0) is 10.5. The van der Waals surface area contributed by atoms with Crippen molar-refractivity contribution in [3.05, 3.63) is 0 Å². The van der Waals surface area contributed by atoms with Gasteiger partial charge in [0.1, 0.15) is 0 Å². The molecule has 0 aliphatic rings. The zero-order valence-corrected chi connectivity index (χ0v) is 10.9.